The number of hydrogen-bond acceptors (Lipinski definition) is 5. The Labute approximate surface area is 125 Å². The summed E-state index contributed by atoms with van der Waals surface area (Å²) in [6.45, 7) is 3.35. The van der Waals surface area contributed by atoms with E-state index in [1.807, 2.05) is 6.92 Å². The van der Waals surface area contributed by atoms with Gasteiger partial charge < -0.3 is 10.2 Å². The highest BCUT2D eigenvalue weighted by Gasteiger charge is 2.31. The smallest absolute Gasteiger partial charge is 0.243 e. The predicted molar refractivity (Wildman–Crippen MR) is 79.4 cm³/mol. The first-order valence-corrected chi connectivity index (χ1v) is 8.33. The molecule has 0 spiro atoms. The number of rotatable bonds is 5. The highest BCUT2D eigenvalue weighted by Crippen LogP contribution is 2.19. The predicted octanol–water partition coefficient (Wildman–Crippen LogP) is 0.366. The molecule has 0 atom stereocenters. The monoisotopic (exact) mass is 312 g/mol. The van der Waals surface area contributed by atoms with Gasteiger partial charge in [0, 0.05) is 38.9 Å². The van der Waals surface area contributed by atoms with Crippen LogP contribution in [0.3, 0.4) is 0 Å². The maximum Gasteiger partial charge on any atom is 0.243 e. The lowest BCUT2D eigenvalue weighted by atomic mass is 10.4. The van der Waals surface area contributed by atoms with E-state index < -0.39 is 10.0 Å². The Morgan fingerprint density at radius 2 is 2.14 bits per heavy atom. The molecule has 1 aliphatic heterocycles. The van der Waals surface area contributed by atoms with Gasteiger partial charge in [-0.1, -0.05) is 6.92 Å². The van der Waals surface area contributed by atoms with Crippen molar-refractivity contribution in [3.8, 4) is 0 Å². The summed E-state index contributed by atoms with van der Waals surface area (Å²) in [6, 6.07) is 2.96. The molecule has 0 aliphatic carbocycles. The molecule has 116 valence electrons. The van der Waals surface area contributed by atoms with Crippen LogP contribution in [0.15, 0.2) is 23.2 Å². The Morgan fingerprint density at radius 3 is 2.81 bits per heavy atom. The molecular weight excluding hydrogens is 292 g/mol. The second-order valence-electron chi connectivity index (χ2n) is 4.96. The molecule has 1 aromatic rings. The third kappa shape index (κ3) is 3.51. The number of hydrogen-bond donors (Lipinski definition) is 1. The van der Waals surface area contributed by atoms with E-state index in [1.54, 1.807) is 7.05 Å². The van der Waals surface area contributed by atoms with Crippen LogP contribution >= 0.6 is 0 Å². The van der Waals surface area contributed by atoms with Crippen LogP contribution in [0.4, 0.5) is 5.82 Å². The number of anilines is 1. The van der Waals surface area contributed by atoms with E-state index >= 15 is 0 Å². The minimum Gasteiger partial charge on any atom is -0.370 e. The Morgan fingerprint density at radius 1 is 1.38 bits per heavy atom. The third-order valence-electron chi connectivity index (χ3n) is 3.35. The number of nitrogens with zero attached hydrogens (tertiary/aromatic N) is 3. The van der Waals surface area contributed by atoms with Crippen LogP contribution in [-0.4, -0.2) is 61.7 Å². The van der Waals surface area contributed by atoms with Crippen LogP contribution in [0.25, 0.3) is 0 Å². The molecule has 0 radical (unpaired) electrons. The summed E-state index contributed by atoms with van der Waals surface area (Å²) in [5, 5.41) is 3.06. The number of aromatic nitrogens is 1. The lowest BCUT2D eigenvalue weighted by molar-refractivity contribution is -0.132. The van der Waals surface area contributed by atoms with Crippen LogP contribution in [-0.2, 0) is 14.8 Å². The van der Waals surface area contributed by atoms with Gasteiger partial charge in [0.05, 0.1) is 11.4 Å². The molecule has 1 aromatic heterocycles. The van der Waals surface area contributed by atoms with E-state index in [9.17, 15) is 13.2 Å². The topological polar surface area (TPSA) is 82.6 Å². The van der Waals surface area contributed by atoms with Crippen LogP contribution in [0, 0.1) is 0 Å². The third-order valence-corrected chi connectivity index (χ3v) is 5.19. The standard InChI is InChI=1S/C13H20N4O3S/c1-3-5-14-12-9-11(4-6-15-12)21(19,20)17-8-7-16(2)13(18)10-17/h4,6,9H,3,5,7-8,10H2,1-2H3,(H,14,15). The molecule has 1 N–H and O–H groups in total. The van der Waals surface area contributed by atoms with E-state index in [1.165, 1.54) is 27.5 Å². The van der Waals surface area contributed by atoms with Crippen LogP contribution < -0.4 is 5.32 Å². The Balaban J connectivity index is 2.21. The molecule has 2 heterocycles. The number of piperazine rings is 1. The van der Waals surface area contributed by atoms with Gasteiger partial charge in [-0.05, 0) is 12.5 Å². The zero-order chi connectivity index (χ0) is 15.5. The molecule has 0 unspecified atom stereocenters. The average molecular weight is 312 g/mol. The van der Waals surface area contributed by atoms with E-state index in [0.717, 1.165) is 13.0 Å². The van der Waals surface area contributed by atoms with Gasteiger partial charge in [-0.15, -0.1) is 0 Å². The Hall–Kier alpha value is -1.67. The molecule has 1 fully saturated rings. The Bertz CT molecular complexity index is 618. The van der Waals surface area contributed by atoms with Crippen molar-refractivity contribution in [1.82, 2.24) is 14.2 Å². The lowest BCUT2D eigenvalue weighted by Crippen LogP contribution is -2.50. The average Bonchev–Trinajstić information content (AvgIpc) is 2.48. The zero-order valence-corrected chi connectivity index (χ0v) is 13.1. The Kier molecular flexibility index (Phi) is 4.79. The molecule has 0 saturated carbocycles. The van der Waals surface area contributed by atoms with Crippen molar-refractivity contribution in [3.63, 3.8) is 0 Å². The summed E-state index contributed by atoms with van der Waals surface area (Å²) in [6.07, 6.45) is 2.38. The number of likely N-dealkylation sites (N-methyl/N-ethyl adjacent to an activating group) is 1. The zero-order valence-electron chi connectivity index (χ0n) is 12.2. The molecule has 1 aliphatic rings. The van der Waals surface area contributed by atoms with Gasteiger partial charge in [0.15, 0.2) is 0 Å². The van der Waals surface area contributed by atoms with Gasteiger partial charge in [0.25, 0.3) is 0 Å². The number of sulfonamides is 1. The fourth-order valence-corrected chi connectivity index (χ4v) is 3.41. The molecule has 1 saturated heterocycles. The first kappa shape index (κ1) is 15.7. The largest absolute Gasteiger partial charge is 0.370 e. The van der Waals surface area contributed by atoms with E-state index in [-0.39, 0.29) is 17.3 Å². The van der Waals surface area contributed by atoms with Crippen molar-refractivity contribution in [2.24, 2.45) is 0 Å². The minimum absolute atomic E-state index is 0.112. The molecule has 7 nitrogen and oxygen atoms in total. The summed E-state index contributed by atoms with van der Waals surface area (Å²) in [5.41, 5.74) is 0. The molecule has 2 rings (SSSR count). The van der Waals surface area contributed by atoms with Gasteiger partial charge in [0.1, 0.15) is 5.82 Å². The van der Waals surface area contributed by atoms with Crippen molar-refractivity contribution < 1.29 is 13.2 Å². The van der Waals surface area contributed by atoms with Crippen LogP contribution in [0.5, 0.6) is 0 Å². The van der Waals surface area contributed by atoms with Gasteiger partial charge >= 0.3 is 0 Å². The molecule has 0 bridgehead atoms. The van der Waals surface area contributed by atoms with Crippen molar-refractivity contribution in [3.05, 3.63) is 18.3 Å². The number of carbonyl (C=O) groups excluding carboxylic acids is 1. The minimum atomic E-state index is -3.66. The summed E-state index contributed by atoms with van der Waals surface area (Å²) in [5.74, 6) is 0.335. The van der Waals surface area contributed by atoms with Gasteiger partial charge in [-0.25, -0.2) is 13.4 Å². The van der Waals surface area contributed by atoms with Gasteiger partial charge in [0.2, 0.25) is 15.9 Å². The fraction of sp³-hybridized carbons (Fsp3) is 0.538. The summed E-state index contributed by atoms with van der Waals surface area (Å²) < 4.78 is 26.3. The van der Waals surface area contributed by atoms with E-state index in [2.05, 4.69) is 10.3 Å². The normalized spacial score (nSPS) is 17.0. The van der Waals surface area contributed by atoms with Gasteiger partial charge in [-0.2, -0.15) is 4.31 Å². The second-order valence-corrected chi connectivity index (χ2v) is 6.90. The molecular formula is C13H20N4O3S. The summed E-state index contributed by atoms with van der Waals surface area (Å²) in [7, 11) is -1.99. The quantitative estimate of drug-likeness (QED) is 0.849. The lowest BCUT2D eigenvalue weighted by Gasteiger charge is -2.31. The molecule has 21 heavy (non-hydrogen) atoms. The number of pyridine rings is 1. The fourth-order valence-electron chi connectivity index (χ4n) is 2.01. The second kappa shape index (κ2) is 6.40. The SMILES string of the molecule is CCCNc1cc(S(=O)(=O)N2CCN(C)C(=O)C2)ccn1. The highest BCUT2D eigenvalue weighted by atomic mass is 32.2. The maximum atomic E-state index is 12.6. The first-order chi connectivity index (χ1) is 9.95. The van der Waals surface area contributed by atoms with Gasteiger partial charge in [-0.3, -0.25) is 4.79 Å². The summed E-state index contributed by atoms with van der Waals surface area (Å²) in [4.78, 5) is 17.5. The number of nitrogens with one attached hydrogen (secondary N) is 1. The number of carbonyl (C=O) groups is 1. The van der Waals surface area contributed by atoms with E-state index in [0.29, 0.717) is 18.9 Å². The molecule has 1 amide bonds. The van der Waals surface area contributed by atoms with E-state index in [4.69, 9.17) is 0 Å². The van der Waals surface area contributed by atoms with Crippen molar-refractivity contribution >= 4 is 21.7 Å². The highest BCUT2D eigenvalue weighted by molar-refractivity contribution is 7.89. The van der Waals surface area contributed by atoms with Crippen molar-refractivity contribution in [2.75, 3.05) is 38.5 Å². The molecule has 0 aromatic carbocycles. The summed E-state index contributed by atoms with van der Waals surface area (Å²) >= 11 is 0. The number of amides is 1. The van der Waals surface area contributed by atoms with Crippen LogP contribution in [0.2, 0.25) is 0 Å². The molecule has 8 heteroatoms. The van der Waals surface area contributed by atoms with Crippen LogP contribution in [0.1, 0.15) is 13.3 Å². The maximum absolute atomic E-state index is 12.6. The van der Waals surface area contributed by atoms with Crippen molar-refractivity contribution in [1.29, 1.82) is 0 Å². The first-order valence-electron chi connectivity index (χ1n) is 6.89. The van der Waals surface area contributed by atoms with Crippen molar-refractivity contribution in [2.45, 2.75) is 18.2 Å².